The number of carbonyl (C=O) groups is 1. The highest BCUT2D eigenvalue weighted by molar-refractivity contribution is 8.03. The van der Waals surface area contributed by atoms with Crippen LogP contribution in [0.25, 0.3) is 0 Å². The van der Waals surface area contributed by atoms with Crippen molar-refractivity contribution in [2.45, 2.75) is 25.6 Å². The lowest BCUT2D eigenvalue weighted by Gasteiger charge is -2.25. The second-order valence-corrected chi connectivity index (χ2v) is 7.84. The molecule has 32 heavy (non-hydrogen) atoms. The Balaban J connectivity index is 0.00000176. The molecular weight excluding hydrogens is 436 g/mol. The topological polar surface area (TPSA) is 121 Å². The summed E-state index contributed by atoms with van der Waals surface area (Å²) in [4.78, 5) is 19.2. The van der Waals surface area contributed by atoms with E-state index in [1.54, 1.807) is 7.05 Å². The summed E-state index contributed by atoms with van der Waals surface area (Å²) in [7, 11) is 1.62. The number of aliphatic imine (C=N–C) groups is 1. The van der Waals surface area contributed by atoms with E-state index < -0.39 is 22.9 Å². The molecule has 1 aromatic rings. The van der Waals surface area contributed by atoms with Crippen LogP contribution in [-0.2, 0) is 4.79 Å². The summed E-state index contributed by atoms with van der Waals surface area (Å²) < 4.78 is 28.2. The summed E-state index contributed by atoms with van der Waals surface area (Å²) in [6.45, 7) is 7.17. The molecule has 1 amide bonds. The molecule has 3 rings (SSSR count). The van der Waals surface area contributed by atoms with Gasteiger partial charge in [-0.3, -0.25) is 9.79 Å². The van der Waals surface area contributed by atoms with E-state index in [2.05, 4.69) is 20.9 Å². The van der Waals surface area contributed by atoms with E-state index >= 15 is 0 Å². The van der Waals surface area contributed by atoms with Crippen molar-refractivity contribution < 1.29 is 13.6 Å². The number of carbonyl (C=O) groups excluding carboxylic acids is 1. The molecule has 2 aliphatic rings. The van der Waals surface area contributed by atoms with Crippen molar-refractivity contribution >= 4 is 23.5 Å². The maximum atomic E-state index is 14.1. The third-order valence-corrected chi connectivity index (χ3v) is 5.81. The summed E-state index contributed by atoms with van der Waals surface area (Å²) in [5.41, 5.74) is 11.9. The minimum absolute atomic E-state index is 0.0278. The smallest absolute Gasteiger partial charge is 0.274 e. The molecule has 0 spiro atoms. The first-order valence-electron chi connectivity index (χ1n) is 10.5. The number of thioether (sulfide) groups is 1. The lowest BCUT2D eigenvalue weighted by atomic mass is 10.2. The summed E-state index contributed by atoms with van der Waals surface area (Å²) in [6, 6.07) is 3.59. The number of nitrogens with one attached hydrogen (secondary N) is 3. The van der Waals surface area contributed by atoms with Gasteiger partial charge in [0.25, 0.3) is 5.91 Å². The number of rotatable bonds is 4. The molecule has 176 valence electrons. The third-order valence-electron chi connectivity index (χ3n) is 4.76. The summed E-state index contributed by atoms with van der Waals surface area (Å²) >= 11 is 0.969. The van der Waals surface area contributed by atoms with Crippen LogP contribution in [0.5, 0.6) is 0 Å². The maximum absolute atomic E-state index is 14.1. The van der Waals surface area contributed by atoms with Crippen molar-refractivity contribution in [1.29, 1.82) is 0 Å². The van der Waals surface area contributed by atoms with Gasteiger partial charge in [-0.15, -0.1) is 0 Å². The van der Waals surface area contributed by atoms with Gasteiger partial charge in [-0.1, -0.05) is 31.7 Å². The van der Waals surface area contributed by atoms with E-state index in [0.717, 1.165) is 49.9 Å². The fourth-order valence-electron chi connectivity index (χ4n) is 3.33. The minimum atomic E-state index is -0.853. The molecule has 0 bridgehead atoms. The lowest BCUT2D eigenvalue weighted by Crippen LogP contribution is -2.42. The van der Waals surface area contributed by atoms with E-state index in [1.807, 2.05) is 18.7 Å². The first-order chi connectivity index (χ1) is 15.5. The highest BCUT2D eigenvalue weighted by Gasteiger charge is 2.32. The molecule has 1 aromatic carbocycles. The number of halogens is 2. The van der Waals surface area contributed by atoms with Crippen molar-refractivity contribution in [2.24, 2.45) is 16.5 Å². The van der Waals surface area contributed by atoms with E-state index in [1.165, 1.54) is 12.3 Å². The quantitative estimate of drug-likeness (QED) is 0.338. The normalized spacial score (nSPS) is 19.7. The molecule has 0 saturated carbocycles. The van der Waals surface area contributed by atoms with Crippen molar-refractivity contribution in [3.63, 3.8) is 0 Å². The Hall–Kier alpha value is -2.79. The molecule has 1 fully saturated rings. The van der Waals surface area contributed by atoms with Gasteiger partial charge in [-0.05, 0) is 25.1 Å². The Morgan fingerprint density at radius 1 is 1.28 bits per heavy atom. The van der Waals surface area contributed by atoms with Crippen LogP contribution in [0.3, 0.4) is 0 Å². The Bertz CT molecular complexity index is 876. The minimum Gasteiger partial charge on any atom is -0.403 e. The molecule has 8 nitrogen and oxygen atoms in total. The van der Waals surface area contributed by atoms with Gasteiger partial charge in [-0.25, -0.2) is 8.78 Å². The molecule has 0 aliphatic carbocycles. The standard InChI is InChI=1S/C19H25F2N7OS.C2H6/c1-24-17(28-8-3-6-25-7-9-28)13(10-22)26-18(29)15-16(23)30-19(27-15)14-11(20)4-2-5-12(14)21;1-2/h2,4-5,10,19,25,27H,3,6-9,22-23H2,1H3,(H,26,29);1-2H3/b13-10+,24-17?;. The summed E-state index contributed by atoms with van der Waals surface area (Å²) in [5, 5.41) is 8.10. The average Bonchev–Trinajstić information content (AvgIpc) is 2.98. The van der Waals surface area contributed by atoms with Crippen LogP contribution in [0, 0.1) is 11.6 Å². The van der Waals surface area contributed by atoms with Crippen LogP contribution >= 0.6 is 11.8 Å². The number of nitrogens with two attached hydrogens (primary N) is 2. The predicted octanol–water partition coefficient (Wildman–Crippen LogP) is 1.69. The van der Waals surface area contributed by atoms with Gasteiger partial charge in [0.05, 0.1) is 16.3 Å². The Morgan fingerprint density at radius 2 is 1.97 bits per heavy atom. The van der Waals surface area contributed by atoms with Gasteiger partial charge in [0.2, 0.25) is 0 Å². The molecule has 2 aliphatic heterocycles. The van der Waals surface area contributed by atoms with Crippen molar-refractivity contribution in [2.75, 3.05) is 33.2 Å². The second kappa shape index (κ2) is 12.3. The zero-order chi connectivity index (χ0) is 23.7. The molecule has 7 N–H and O–H groups in total. The number of nitrogens with zero attached hydrogens (tertiary/aromatic N) is 2. The molecular formula is C21H31F2N7OS. The Kier molecular flexibility index (Phi) is 9.79. The van der Waals surface area contributed by atoms with E-state index in [4.69, 9.17) is 11.5 Å². The molecule has 11 heteroatoms. The fraction of sp³-hybridized carbons (Fsp3) is 0.429. The van der Waals surface area contributed by atoms with Gasteiger partial charge >= 0.3 is 0 Å². The first kappa shape index (κ1) is 25.5. The molecule has 2 heterocycles. The molecule has 0 radical (unpaired) electrons. The zero-order valence-electron chi connectivity index (χ0n) is 18.5. The van der Waals surface area contributed by atoms with Gasteiger partial charge in [0.15, 0.2) is 0 Å². The predicted molar refractivity (Wildman–Crippen MR) is 125 cm³/mol. The van der Waals surface area contributed by atoms with Crippen molar-refractivity contribution in [1.82, 2.24) is 20.9 Å². The Morgan fingerprint density at radius 3 is 2.59 bits per heavy atom. The maximum Gasteiger partial charge on any atom is 0.274 e. The van der Waals surface area contributed by atoms with Gasteiger partial charge in [0, 0.05) is 32.9 Å². The number of hydrogen-bond acceptors (Lipinski definition) is 7. The molecule has 1 atom stereocenters. The van der Waals surface area contributed by atoms with Crippen LogP contribution in [0.2, 0.25) is 0 Å². The molecule has 1 saturated heterocycles. The van der Waals surface area contributed by atoms with E-state index in [9.17, 15) is 13.6 Å². The lowest BCUT2D eigenvalue weighted by molar-refractivity contribution is -0.117. The largest absolute Gasteiger partial charge is 0.403 e. The number of benzene rings is 1. The highest BCUT2D eigenvalue weighted by Crippen LogP contribution is 2.39. The average molecular weight is 468 g/mol. The highest BCUT2D eigenvalue weighted by atomic mass is 32.2. The van der Waals surface area contributed by atoms with Gasteiger partial charge in [-0.2, -0.15) is 0 Å². The van der Waals surface area contributed by atoms with E-state index in [-0.39, 0.29) is 16.3 Å². The van der Waals surface area contributed by atoms with Crippen molar-refractivity contribution in [3.05, 3.63) is 58.0 Å². The van der Waals surface area contributed by atoms with Gasteiger partial charge < -0.3 is 32.3 Å². The molecule has 0 aromatic heterocycles. The van der Waals surface area contributed by atoms with Crippen LogP contribution in [0.1, 0.15) is 31.2 Å². The van der Waals surface area contributed by atoms with Crippen LogP contribution in [0.15, 0.2) is 45.8 Å². The SMILES string of the molecule is CC.CN=C(/C(=C\N)NC(=O)C1=C(N)SC(c2c(F)cccc2F)N1)N1CCCNCC1. The summed E-state index contributed by atoms with van der Waals surface area (Å²) in [6.07, 6.45) is 2.20. The Labute approximate surface area is 191 Å². The summed E-state index contributed by atoms with van der Waals surface area (Å²) in [5.74, 6) is -1.44. The van der Waals surface area contributed by atoms with Crippen LogP contribution in [0.4, 0.5) is 8.78 Å². The van der Waals surface area contributed by atoms with Gasteiger partial charge in [0.1, 0.15) is 28.5 Å². The van der Waals surface area contributed by atoms with Crippen LogP contribution in [-0.4, -0.2) is 49.9 Å². The fourth-order valence-corrected chi connectivity index (χ4v) is 4.38. The third kappa shape index (κ3) is 5.92. The number of amidine groups is 1. The monoisotopic (exact) mass is 467 g/mol. The second-order valence-electron chi connectivity index (χ2n) is 6.69. The van der Waals surface area contributed by atoms with Crippen LogP contribution < -0.4 is 27.4 Å². The van der Waals surface area contributed by atoms with E-state index in [0.29, 0.717) is 18.1 Å². The number of hydrogen-bond donors (Lipinski definition) is 5. The molecule has 1 unspecified atom stereocenters. The first-order valence-corrected chi connectivity index (χ1v) is 11.4. The zero-order valence-corrected chi connectivity index (χ0v) is 19.4. The number of amides is 1. The van der Waals surface area contributed by atoms with Crippen molar-refractivity contribution in [3.8, 4) is 0 Å².